The summed E-state index contributed by atoms with van der Waals surface area (Å²) in [5, 5.41) is 6.10. The molecule has 3 heterocycles. The molecule has 1 saturated heterocycles. The van der Waals surface area contributed by atoms with Gasteiger partial charge in [0.2, 0.25) is 11.7 Å². The zero-order valence-corrected chi connectivity index (χ0v) is 14.2. The number of rotatable bonds is 4. The minimum Gasteiger partial charge on any atom is -0.339 e. The lowest BCUT2D eigenvalue weighted by Crippen LogP contribution is -2.44. The number of likely N-dealkylation sites (tertiary alicyclic amines) is 1. The van der Waals surface area contributed by atoms with Crippen LogP contribution in [0.25, 0.3) is 10.7 Å². The Balaban J connectivity index is 1.38. The molecule has 1 fully saturated rings. The molecule has 6 heteroatoms. The normalized spacial score (nSPS) is 15.9. The van der Waals surface area contributed by atoms with Crippen LogP contribution in [0.1, 0.15) is 17.4 Å². The van der Waals surface area contributed by atoms with E-state index in [4.69, 9.17) is 4.52 Å². The summed E-state index contributed by atoms with van der Waals surface area (Å²) in [4.78, 5) is 7.97. The van der Waals surface area contributed by atoms with E-state index in [1.807, 2.05) is 23.6 Å². The van der Waals surface area contributed by atoms with Crippen LogP contribution in [-0.4, -0.2) is 28.1 Å². The second-order valence-electron chi connectivity index (χ2n) is 5.42. The number of nitrogens with zero attached hydrogens (tertiary/aromatic N) is 3. The quantitative estimate of drug-likeness (QED) is 0.686. The van der Waals surface area contributed by atoms with E-state index in [0.717, 1.165) is 34.9 Å². The summed E-state index contributed by atoms with van der Waals surface area (Å²) >= 11 is 5.23. The van der Waals surface area contributed by atoms with Crippen LogP contribution in [0.5, 0.6) is 0 Å². The smallest absolute Gasteiger partial charge is 0.232 e. The molecule has 0 atom stereocenters. The number of benzene rings is 1. The van der Waals surface area contributed by atoms with Crippen molar-refractivity contribution in [3.63, 3.8) is 0 Å². The highest BCUT2D eigenvalue weighted by molar-refractivity contribution is 9.10. The Morgan fingerprint density at radius 1 is 1.23 bits per heavy atom. The molecule has 0 amide bonds. The molecule has 0 saturated carbocycles. The van der Waals surface area contributed by atoms with Crippen molar-refractivity contribution in [1.82, 2.24) is 15.0 Å². The molecule has 3 aromatic rings. The minimum absolute atomic E-state index is 0.351. The molecule has 1 aliphatic heterocycles. The maximum Gasteiger partial charge on any atom is 0.232 e. The van der Waals surface area contributed by atoms with Crippen LogP contribution in [0.3, 0.4) is 0 Å². The Kier molecular flexibility index (Phi) is 3.82. The third kappa shape index (κ3) is 2.74. The van der Waals surface area contributed by atoms with Crippen LogP contribution >= 0.6 is 27.3 Å². The van der Waals surface area contributed by atoms with E-state index in [0.29, 0.717) is 11.7 Å². The molecule has 4 rings (SSSR count). The second kappa shape index (κ2) is 5.95. The molecule has 0 N–H and O–H groups in total. The maximum absolute atomic E-state index is 5.42. The highest BCUT2D eigenvalue weighted by atomic mass is 79.9. The van der Waals surface area contributed by atoms with E-state index in [-0.39, 0.29) is 0 Å². The Hall–Kier alpha value is -1.50. The Morgan fingerprint density at radius 2 is 2.09 bits per heavy atom. The van der Waals surface area contributed by atoms with Gasteiger partial charge in [-0.2, -0.15) is 4.98 Å². The first-order valence-electron chi connectivity index (χ1n) is 7.13. The third-order valence-electron chi connectivity index (χ3n) is 3.84. The molecule has 4 nitrogen and oxygen atoms in total. The Morgan fingerprint density at radius 3 is 2.86 bits per heavy atom. The molecule has 0 aliphatic carbocycles. The van der Waals surface area contributed by atoms with Gasteiger partial charge in [-0.3, -0.25) is 4.90 Å². The van der Waals surface area contributed by atoms with Crippen LogP contribution in [-0.2, 0) is 6.54 Å². The van der Waals surface area contributed by atoms with Gasteiger partial charge >= 0.3 is 0 Å². The molecule has 0 spiro atoms. The Labute approximate surface area is 140 Å². The van der Waals surface area contributed by atoms with Gasteiger partial charge < -0.3 is 4.52 Å². The van der Waals surface area contributed by atoms with E-state index in [1.165, 1.54) is 5.56 Å². The lowest BCUT2D eigenvalue weighted by atomic mass is 9.99. The molecule has 1 aliphatic rings. The van der Waals surface area contributed by atoms with Crippen LogP contribution in [0.4, 0.5) is 0 Å². The topological polar surface area (TPSA) is 42.2 Å². The zero-order chi connectivity index (χ0) is 14.9. The SMILES string of the molecule is Brc1ccccc1CN1CC(c2nc(-c3cccs3)no2)C1. The predicted octanol–water partition coefficient (Wildman–Crippen LogP) is 4.16. The summed E-state index contributed by atoms with van der Waals surface area (Å²) in [7, 11) is 0. The van der Waals surface area contributed by atoms with E-state index in [1.54, 1.807) is 11.3 Å². The van der Waals surface area contributed by atoms with Gasteiger partial charge in [-0.1, -0.05) is 45.4 Å². The van der Waals surface area contributed by atoms with E-state index in [2.05, 4.69) is 49.2 Å². The van der Waals surface area contributed by atoms with E-state index < -0.39 is 0 Å². The van der Waals surface area contributed by atoms with Gasteiger partial charge in [-0.25, -0.2) is 0 Å². The van der Waals surface area contributed by atoms with Crippen molar-refractivity contribution >= 4 is 27.3 Å². The summed E-state index contributed by atoms with van der Waals surface area (Å²) < 4.78 is 6.59. The largest absolute Gasteiger partial charge is 0.339 e. The second-order valence-corrected chi connectivity index (χ2v) is 7.22. The lowest BCUT2D eigenvalue weighted by Gasteiger charge is -2.37. The number of hydrogen-bond acceptors (Lipinski definition) is 5. The molecule has 112 valence electrons. The van der Waals surface area contributed by atoms with Crippen molar-refractivity contribution in [1.29, 1.82) is 0 Å². The van der Waals surface area contributed by atoms with Crippen molar-refractivity contribution in [2.24, 2.45) is 0 Å². The highest BCUT2D eigenvalue weighted by Crippen LogP contribution is 2.30. The molecular formula is C16H14BrN3OS. The van der Waals surface area contributed by atoms with Crippen molar-refractivity contribution in [2.75, 3.05) is 13.1 Å². The molecule has 1 aromatic carbocycles. The zero-order valence-electron chi connectivity index (χ0n) is 11.8. The molecule has 2 aromatic heterocycles. The summed E-state index contributed by atoms with van der Waals surface area (Å²) in [5.41, 5.74) is 1.31. The lowest BCUT2D eigenvalue weighted by molar-refractivity contribution is 0.117. The average molecular weight is 376 g/mol. The molecule has 22 heavy (non-hydrogen) atoms. The molecule has 0 bridgehead atoms. The molecular weight excluding hydrogens is 362 g/mol. The Bertz CT molecular complexity index is 765. The predicted molar refractivity (Wildman–Crippen MR) is 89.8 cm³/mol. The van der Waals surface area contributed by atoms with Gasteiger partial charge in [0.05, 0.1) is 10.8 Å². The van der Waals surface area contributed by atoms with Gasteiger partial charge in [0, 0.05) is 24.1 Å². The average Bonchev–Trinajstić information content (AvgIpc) is 3.15. The van der Waals surface area contributed by atoms with Crippen molar-refractivity contribution in [3.05, 3.63) is 57.7 Å². The van der Waals surface area contributed by atoms with Crippen molar-refractivity contribution < 1.29 is 4.52 Å². The van der Waals surface area contributed by atoms with Gasteiger partial charge in [0.25, 0.3) is 0 Å². The van der Waals surface area contributed by atoms with Gasteiger partial charge in [-0.15, -0.1) is 11.3 Å². The number of thiophene rings is 1. The first-order valence-corrected chi connectivity index (χ1v) is 8.80. The first-order chi connectivity index (χ1) is 10.8. The van der Waals surface area contributed by atoms with Gasteiger partial charge in [0.1, 0.15) is 0 Å². The monoisotopic (exact) mass is 375 g/mol. The van der Waals surface area contributed by atoms with Crippen LogP contribution in [0.2, 0.25) is 0 Å². The number of hydrogen-bond donors (Lipinski definition) is 0. The number of halogens is 1. The van der Waals surface area contributed by atoms with Crippen LogP contribution in [0, 0.1) is 0 Å². The summed E-state index contributed by atoms with van der Waals surface area (Å²) in [5.74, 6) is 1.81. The van der Waals surface area contributed by atoms with Gasteiger partial charge in [0.15, 0.2) is 0 Å². The van der Waals surface area contributed by atoms with Crippen LogP contribution < -0.4 is 0 Å². The fourth-order valence-corrected chi connectivity index (χ4v) is 3.69. The third-order valence-corrected chi connectivity index (χ3v) is 5.48. The fourth-order valence-electron chi connectivity index (χ4n) is 2.63. The molecule has 0 unspecified atom stereocenters. The maximum atomic E-state index is 5.42. The van der Waals surface area contributed by atoms with Crippen LogP contribution in [0.15, 0.2) is 50.8 Å². The molecule has 0 radical (unpaired) electrons. The van der Waals surface area contributed by atoms with Gasteiger partial charge in [-0.05, 0) is 23.1 Å². The van der Waals surface area contributed by atoms with E-state index in [9.17, 15) is 0 Å². The summed E-state index contributed by atoms with van der Waals surface area (Å²) in [6.07, 6.45) is 0. The van der Waals surface area contributed by atoms with Crippen molar-refractivity contribution in [2.45, 2.75) is 12.5 Å². The first kappa shape index (κ1) is 14.1. The standard InChI is InChI=1S/C16H14BrN3OS/c17-13-5-2-1-4-11(13)8-20-9-12(10-20)16-18-15(19-21-16)14-6-3-7-22-14/h1-7,12H,8-10H2. The number of aromatic nitrogens is 2. The van der Waals surface area contributed by atoms with E-state index >= 15 is 0 Å². The summed E-state index contributed by atoms with van der Waals surface area (Å²) in [6, 6.07) is 12.4. The fraction of sp³-hybridized carbons (Fsp3) is 0.250. The highest BCUT2D eigenvalue weighted by Gasteiger charge is 2.32. The minimum atomic E-state index is 0.351. The summed E-state index contributed by atoms with van der Waals surface area (Å²) in [6.45, 7) is 2.88. The van der Waals surface area contributed by atoms with Crippen molar-refractivity contribution in [3.8, 4) is 10.7 Å².